The number of rotatable bonds is 5. The fourth-order valence-corrected chi connectivity index (χ4v) is 6.12. The average molecular weight is 375 g/mol. The van der Waals surface area contributed by atoms with Crippen LogP contribution in [0.25, 0.3) is 0 Å². The van der Waals surface area contributed by atoms with E-state index in [9.17, 15) is 14.0 Å². The Kier molecular flexibility index (Phi) is 4.40. The van der Waals surface area contributed by atoms with Crippen molar-refractivity contribution in [2.75, 3.05) is 7.11 Å². The van der Waals surface area contributed by atoms with E-state index in [-0.39, 0.29) is 29.8 Å². The molecule has 2 atom stereocenters. The first-order valence-corrected chi connectivity index (χ1v) is 9.61. The molecule has 0 radical (unpaired) electrons. The lowest BCUT2D eigenvalue weighted by Crippen LogP contribution is -2.64. The summed E-state index contributed by atoms with van der Waals surface area (Å²) >= 11 is 0. The van der Waals surface area contributed by atoms with E-state index >= 15 is 0 Å². The number of methoxy groups -OCH3 is 1. The lowest BCUT2D eigenvalue weighted by Gasteiger charge is -2.60. The maximum atomic E-state index is 13.9. The van der Waals surface area contributed by atoms with Gasteiger partial charge >= 0.3 is 5.97 Å². The quantitative estimate of drug-likeness (QED) is 0.802. The van der Waals surface area contributed by atoms with Gasteiger partial charge in [0.25, 0.3) is 0 Å². The van der Waals surface area contributed by atoms with Gasteiger partial charge in [0.1, 0.15) is 6.61 Å². The van der Waals surface area contributed by atoms with Crippen LogP contribution in [0.4, 0.5) is 4.39 Å². The van der Waals surface area contributed by atoms with Gasteiger partial charge in [-0.25, -0.2) is 4.39 Å². The van der Waals surface area contributed by atoms with Crippen LogP contribution >= 0.6 is 0 Å². The topological polar surface area (TPSA) is 64.6 Å². The Labute approximate surface area is 158 Å². The molecule has 1 amide bonds. The average Bonchev–Trinajstić information content (AvgIpc) is 2.57. The highest BCUT2D eigenvalue weighted by atomic mass is 19.1. The summed E-state index contributed by atoms with van der Waals surface area (Å²) in [5, 5.41) is 3.15. The van der Waals surface area contributed by atoms with Gasteiger partial charge < -0.3 is 14.8 Å². The normalized spacial score (nSPS) is 33.6. The Bertz CT molecular complexity index is 763. The highest BCUT2D eigenvalue weighted by Crippen LogP contribution is 2.62. The molecule has 0 heterocycles. The number of hydrogen-bond acceptors (Lipinski definition) is 4. The van der Waals surface area contributed by atoms with Gasteiger partial charge in [0.15, 0.2) is 11.6 Å². The third-order valence-corrected chi connectivity index (χ3v) is 6.52. The van der Waals surface area contributed by atoms with Crippen molar-refractivity contribution in [2.45, 2.75) is 57.6 Å². The number of nitrogens with one attached hydrogen (secondary N) is 1. The number of hydrogen-bond donors (Lipinski definition) is 1. The number of carbonyl (C=O) groups excluding carboxylic acids is 2. The zero-order valence-electron chi connectivity index (χ0n) is 15.8. The molecule has 4 aliphatic carbocycles. The van der Waals surface area contributed by atoms with Crippen molar-refractivity contribution in [3.63, 3.8) is 0 Å². The van der Waals surface area contributed by atoms with E-state index in [1.54, 1.807) is 13.0 Å². The third-order valence-electron chi connectivity index (χ3n) is 6.52. The number of amides is 1. The molecule has 1 aromatic carbocycles. The Balaban J connectivity index is 1.48. The molecule has 0 aromatic heterocycles. The first-order valence-electron chi connectivity index (χ1n) is 9.61. The summed E-state index contributed by atoms with van der Waals surface area (Å²) in [6, 6.07) is 4.58. The van der Waals surface area contributed by atoms with Gasteiger partial charge in [-0.05, 0) is 68.1 Å². The number of benzene rings is 1. The minimum Gasteiger partial charge on any atom is -0.494 e. The zero-order valence-corrected chi connectivity index (χ0v) is 15.8. The fraction of sp³-hybridized carbons (Fsp3) is 0.619. The molecule has 146 valence electrons. The van der Waals surface area contributed by atoms with Crippen LogP contribution in [0.3, 0.4) is 0 Å². The summed E-state index contributed by atoms with van der Waals surface area (Å²) in [6.07, 6.45) is 5.38. The van der Waals surface area contributed by atoms with E-state index in [4.69, 9.17) is 9.47 Å². The maximum Gasteiger partial charge on any atom is 0.312 e. The van der Waals surface area contributed by atoms with Crippen molar-refractivity contribution in [3.8, 4) is 5.75 Å². The summed E-state index contributed by atoms with van der Waals surface area (Å²) in [4.78, 5) is 24.8. The van der Waals surface area contributed by atoms with Crippen LogP contribution in [0.1, 0.15) is 51.0 Å². The SMILES string of the molecule is COc1ccc(COC(=O)C23C[C@H]4C[C@@H](CC(NC(C)=O)(C4)C2)C3)cc1F. The summed E-state index contributed by atoms with van der Waals surface area (Å²) in [7, 11) is 1.41. The highest BCUT2D eigenvalue weighted by molar-refractivity contribution is 5.79. The Hall–Kier alpha value is -2.11. The second-order valence-corrected chi connectivity index (χ2v) is 8.75. The van der Waals surface area contributed by atoms with Crippen molar-refractivity contribution in [1.82, 2.24) is 5.32 Å². The van der Waals surface area contributed by atoms with Gasteiger partial charge in [0.2, 0.25) is 5.91 Å². The molecule has 6 heteroatoms. The van der Waals surface area contributed by atoms with Crippen molar-refractivity contribution >= 4 is 11.9 Å². The molecule has 1 aromatic rings. The molecule has 1 N–H and O–H groups in total. The van der Waals surface area contributed by atoms with Gasteiger partial charge in [0.05, 0.1) is 12.5 Å². The van der Waals surface area contributed by atoms with E-state index in [2.05, 4.69) is 5.32 Å². The summed E-state index contributed by atoms with van der Waals surface area (Å²) in [6.45, 7) is 1.59. The minimum atomic E-state index is -0.516. The standard InChI is InChI=1S/C21H26FNO4/c1-13(24)23-21-9-15-5-16(10-21)8-20(7-15,12-21)19(25)27-11-14-3-4-18(26-2)17(22)6-14/h3-4,6,15-16H,5,7-12H2,1-2H3,(H,23,24)/t15-,16-,20?,21?/m1/s1. The lowest BCUT2D eigenvalue weighted by molar-refractivity contribution is -0.177. The Morgan fingerprint density at radius 2 is 1.93 bits per heavy atom. The summed E-state index contributed by atoms with van der Waals surface area (Å²) < 4.78 is 24.4. The van der Waals surface area contributed by atoms with E-state index in [0.717, 1.165) is 32.1 Å². The van der Waals surface area contributed by atoms with E-state index in [0.29, 0.717) is 23.8 Å². The van der Waals surface area contributed by atoms with Crippen molar-refractivity contribution in [3.05, 3.63) is 29.6 Å². The fourth-order valence-electron chi connectivity index (χ4n) is 6.12. The molecule has 5 nitrogen and oxygen atoms in total. The second-order valence-electron chi connectivity index (χ2n) is 8.75. The highest BCUT2D eigenvalue weighted by Gasteiger charge is 2.61. The molecule has 4 bridgehead atoms. The first-order chi connectivity index (χ1) is 12.8. The molecule has 0 spiro atoms. The largest absolute Gasteiger partial charge is 0.494 e. The smallest absolute Gasteiger partial charge is 0.312 e. The van der Waals surface area contributed by atoms with Crippen LogP contribution in [0, 0.1) is 23.1 Å². The molecule has 27 heavy (non-hydrogen) atoms. The monoisotopic (exact) mass is 375 g/mol. The maximum absolute atomic E-state index is 13.9. The number of ether oxygens (including phenoxy) is 2. The van der Waals surface area contributed by atoms with Crippen molar-refractivity contribution in [2.24, 2.45) is 17.3 Å². The van der Waals surface area contributed by atoms with E-state index in [1.165, 1.54) is 19.2 Å². The Morgan fingerprint density at radius 3 is 2.52 bits per heavy atom. The molecular weight excluding hydrogens is 349 g/mol. The third kappa shape index (κ3) is 3.30. The van der Waals surface area contributed by atoms with E-state index < -0.39 is 11.2 Å². The van der Waals surface area contributed by atoms with Gasteiger partial charge in [0, 0.05) is 12.5 Å². The molecule has 4 aliphatic rings. The number of halogens is 1. The van der Waals surface area contributed by atoms with Crippen molar-refractivity contribution in [1.29, 1.82) is 0 Å². The minimum absolute atomic E-state index is 0.0332. The summed E-state index contributed by atoms with van der Waals surface area (Å²) in [5.74, 6) is 0.388. The van der Waals surface area contributed by atoms with Gasteiger partial charge in [-0.1, -0.05) is 6.07 Å². The molecule has 0 unspecified atom stereocenters. The summed E-state index contributed by atoms with van der Waals surface area (Å²) in [5.41, 5.74) is -0.179. The molecule has 0 saturated heterocycles. The molecule has 4 fully saturated rings. The van der Waals surface area contributed by atoms with Crippen LogP contribution in [-0.2, 0) is 20.9 Å². The first kappa shape index (κ1) is 18.3. The van der Waals surface area contributed by atoms with Crippen LogP contribution < -0.4 is 10.1 Å². The molecular formula is C21H26FNO4. The van der Waals surface area contributed by atoms with Gasteiger partial charge in [-0.3, -0.25) is 9.59 Å². The van der Waals surface area contributed by atoms with E-state index in [1.807, 2.05) is 0 Å². The second kappa shape index (κ2) is 6.50. The molecule has 4 saturated carbocycles. The molecule has 0 aliphatic heterocycles. The molecule has 5 rings (SSSR count). The van der Waals surface area contributed by atoms with Crippen LogP contribution in [0.2, 0.25) is 0 Å². The van der Waals surface area contributed by atoms with Gasteiger partial charge in [-0.2, -0.15) is 0 Å². The van der Waals surface area contributed by atoms with Crippen LogP contribution in [0.5, 0.6) is 5.75 Å². The Morgan fingerprint density at radius 1 is 1.22 bits per heavy atom. The lowest BCUT2D eigenvalue weighted by atomic mass is 9.47. The number of esters is 1. The zero-order chi connectivity index (χ0) is 19.2. The van der Waals surface area contributed by atoms with Gasteiger partial charge in [-0.15, -0.1) is 0 Å². The van der Waals surface area contributed by atoms with Crippen LogP contribution in [-0.4, -0.2) is 24.5 Å². The van der Waals surface area contributed by atoms with Crippen molar-refractivity contribution < 1.29 is 23.5 Å². The van der Waals surface area contributed by atoms with Crippen LogP contribution in [0.15, 0.2) is 18.2 Å². The number of carbonyl (C=O) groups is 2. The predicted octanol–water partition coefficient (Wildman–Crippen LogP) is 3.35. The predicted molar refractivity (Wildman–Crippen MR) is 96.4 cm³/mol.